The van der Waals surface area contributed by atoms with Crippen LogP contribution < -0.4 is 11.1 Å². The Hall–Kier alpha value is -1.83. The highest BCUT2D eigenvalue weighted by molar-refractivity contribution is 7.15. The van der Waals surface area contributed by atoms with Crippen molar-refractivity contribution in [3.05, 3.63) is 10.6 Å². The fraction of sp³-hybridized carbons (Fsp3) is 0.444. The number of thiazole rings is 1. The topological polar surface area (TPSA) is 121 Å². The molecule has 0 aromatic carbocycles. The number of hydrogen-bond donors (Lipinski definition) is 4. The minimum absolute atomic E-state index is 0.158. The van der Waals surface area contributed by atoms with Crippen LogP contribution in [-0.2, 0) is 17.6 Å². The fourth-order valence-corrected chi connectivity index (χ4v) is 2.84. The van der Waals surface area contributed by atoms with E-state index < -0.39 is 6.16 Å². The number of fused-ring (bicyclic) bond motifs is 1. The largest absolute Gasteiger partial charge is 0.506 e. The number of nitrogens with zero attached hydrogens (tertiary/aromatic N) is 1. The predicted octanol–water partition coefficient (Wildman–Crippen LogP) is 1.00. The predicted molar refractivity (Wildman–Crippen MR) is 62.6 cm³/mol. The molecule has 1 unspecified atom stereocenters. The molecule has 0 saturated heterocycles. The zero-order valence-electron chi connectivity index (χ0n) is 8.90. The number of ether oxygens (including phenoxy) is 1. The van der Waals surface area contributed by atoms with Gasteiger partial charge in [-0.1, -0.05) is 0 Å². The SMILES string of the molecule is N=C(N)Nc1nc2c(s1)CC(OC(=O)O)CC2. The zero-order valence-corrected chi connectivity index (χ0v) is 9.71. The normalized spacial score (nSPS) is 18.2. The molecule has 7 nitrogen and oxygen atoms in total. The van der Waals surface area contributed by atoms with Crippen molar-refractivity contribution in [3.8, 4) is 0 Å². The van der Waals surface area contributed by atoms with Crippen molar-refractivity contribution in [2.75, 3.05) is 5.32 Å². The van der Waals surface area contributed by atoms with Crippen molar-refractivity contribution < 1.29 is 14.6 Å². The molecule has 0 bridgehead atoms. The molecule has 92 valence electrons. The van der Waals surface area contributed by atoms with E-state index in [2.05, 4.69) is 10.3 Å². The van der Waals surface area contributed by atoms with E-state index in [0.29, 0.717) is 24.4 Å². The molecule has 0 amide bonds. The second-order valence-corrected chi connectivity index (χ2v) is 4.76. The third-order valence-electron chi connectivity index (χ3n) is 2.40. The molecule has 1 aliphatic rings. The average Bonchev–Trinajstić information content (AvgIpc) is 2.56. The van der Waals surface area contributed by atoms with Crippen LogP contribution in [0.1, 0.15) is 17.0 Å². The highest BCUT2D eigenvalue weighted by Crippen LogP contribution is 2.30. The molecule has 0 fully saturated rings. The van der Waals surface area contributed by atoms with Gasteiger partial charge in [0.2, 0.25) is 0 Å². The summed E-state index contributed by atoms with van der Waals surface area (Å²) >= 11 is 1.38. The molecule has 1 heterocycles. The molecule has 1 aromatic heterocycles. The standard InChI is InChI=1S/C9H12N4O3S/c10-7(11)13-8-12-5-2-1-4(16-9(14)15)3-6(5)17-8/h4H,1-3H2,(H,14,15)(H4,10,11,12,13). The number of nitrogens with one attached hydrogen (secondary N) is 2. The van der Waals surface area contributed by atoms with Gasteiger partial charge in [0.1, 0.15) is 6.10 Å². The van der Waals surface area contributed by atoms with Gasteiger partial charge in [-0.3, -0.25) is 5.41 Å². The molecule has 1 aliphatic carbocycles. The van der Waals surface area contributed by atoms with E-state index in [0.717, 1.165) is 10.6 Å². The van der Waals surface area contributed by atoms with Crippen molar-refractivity contribution in [2.24, 2.45) is 5.73 Å². The molecule has 8 heteroatoms. The maximum absolute atomic E-state index is 10.4. The quantitative estimate of drug-likeness (QED) is 0.356. The number of carbonyl (C=O) groups is 1. The van der Waals surface area contributed by atoms with Gasteiger partial charge in [0, 0.05) is 11.3 Å². The first-order chi connectivity index (χ1) is 8.04. The molecule has 1 atom stereocenters. The Morgan fingerprint density at radius 2 is 2.47 bits per heavy atom. The van der Waals surface area contributed by atoms with E-state index in [9.17, 15) is 4.79 Å². The highest BCUT2D eigenvalue weighted by Gasteiger charge is 2.25. The van der Waals surface area contributed by atoms with Crippen LogP contribution in [0.25, 0.3) is 0 Å². The number of aromatic nitrogens is 1. The molecule has 0 radical (unpaired) electrons. The van der Waals surface area contributed by atoms with Crippen molar-refractivity contribution in [1.29, 1.82) is 5.41 Å². The summed E-state index contributed by atoms with van der Waals surface area (Å²) in [5, 5.41) is 18.8. The summed E-state index contributed by atoms with van der Waals surface area (Å²) in [4.78, 5) is 15.7. The van der Waals surface area contributed by atoms with Gasteiger partial charge in [-0.25, -0.2) is 9.78 Å². The van der Waals surface area contributed by atoms with Crippen LogP contribution in [-0.4, -0.2) is 28.3 Å². The monoisotopic (exact) mass is 256 g/mol. The van der Waals surface area contributed by atoms with Gasteiger partial charge in [0.25, 0.3) is 0 Å². The van der Waals surface area contributed by atoms with Gasteiger partial charge in [0.05, 0.1) is 5.69 Å². The first-order valence-electron chi connectivity index (χ1n) is 5.04. The lowest BCUT2D eigenvalue weighted by atomic mass is 10.0. The number of carboxylic acid groups (broad SMARTS) is 1. The van der Waals surface area contributed by atoms with Crippen molar-refractivity contribution in [3.63, 3.8) is 0 Å². The smallest absolute Gasteiger partial charge is 0.450 e. The van der Waals surface area contributed by atoms with Crippen LogP contribution >= 0.6 is 11.3 Å². The van der Waals surface area contributed by atoms with Crippen LogP contribution in [0.3, 0.4) is 0 Å². The van der Waals surface area contributed by atoms with E-state index in [1.165, 1.54) is 11.3 Å². The second-order valence-electron chi connectivity index (χ2n) is 3.68. The summed E-state index contributed by atoms with van der Waals surface area (Å²) in [6, 6.07) is 0. The fourth-order valence-electron chi connectivity index (χ4n) is 1.76. The van der Waals surface area contributed by atoms with Crippen LogP contribution in [0.5, 0.6) is 0 Å². The summed E-state index contributed by atoms with van der Waals surface area (Å²) in [5.74, 6) is -0.158. The van der Waals surface area contributed by atoms with E-state index in [1.807, 2.05) is 0 Å². The van der Waals surface area contributed by atoms with Gasteiger partial charge in [-0.15, -0.1) is 11.3 Å². The Labute approximate surface area is 101 Å². The molecule has 0 saturated carbocycles. The summed E-state index contributed by atoms with van der Waals surface area (Å²) in [6.45, 7) is 0. The van der Waals surface area contributed by atoms with E-state index in [4.69, 9.17) is 21.0 Å². The number of rotatable bonds is 2. The minimum Gasteiger partial charge on any atom is -0.450 e. The lowest BCUT2D eigenvalue weighted by Gasteiger charge is -2.19. The second kappa shape index (κ2) is 4.58. The first kappa shape index (κ1) is 11.6. The Morgan fingerprint density at radius 1 is 1.71 bits per heavy atom. The molecule has 0 spiro atoms. The van der Waals surface area contributed by atoms with Gasteiger partial charge in [0.15, 0.2) is 11.1 Å². The van der Waals surface area contributed by atoms with E-state index in [1.54, 1.807) is 0 Å². The Bertz CT molecular complexity index is 459. The molecular weight excluding hydrogens is 244 g/mol. The Balaban J connectivity index is 2.07. The third kappa shape index (κ3) is 2.84. The maximum Gasteiger partial charge on any atom is 0.506 e. The number of nitrogens with two attached hydrogens (primary N) is 1. The molecule has 5 N–H and O–H groups in total. The average molecular weight is 256 g/mol. The maximum atomic E-state index is 10.4. The van der Waals surface area contributed by atoms with Crippen molar-refractivity contribution >= 4 is 28.6 Å². The Kier molecular flexibility index (Phi) is 3.14. The summed E-state index contributed by atoms with van der Waals surface area (Å²) < 4.78 is 4.75. The first-order valence-corrected chi connectivity index (χ1v) is 5.85. The van der Waals surface area contributed by atoms with Crippen molar-refractivity contribution in [2.45, 2.75) is 25.4 Å². The lowest BCUT2D eigenvalue weighted by molar-refractivity contribution is 0.0464. The van der Waals surface area contributed by atoms with Crippen molar-refractivity contribution in [1.82, 2.24) is 4.98 Å². The van der Waals surface area contributed by atoms with Crippen LogP contribution in [0.15, 0.2) is 0 Å². The third-order valence-corrected chi connectivity index (χ3v) is 3.44. The summed E-state index contributed by atoms with van der Waals surface area (Å²) in [7, 11) is 0. The zero-order chi connectivity index (χ0) is 12.4. The molecular formula is C9H12N4O3S. The van der Waals surface area contributed by atoms with Gasteiger partial charge >= 0.3 is 6.16 Å². The number of guanidine groups is 1. The van der Waals surface area contributed by atoms with Gasteiger partial charge in [-0.05, 0) is 12.8 Å². The van der Waals surface area contributed by atoms with Gasteiger partial charge < -0.3 is 20.9 Å². The molecule has 17 heavy (non-hydrogen) atoms. The van der Waals surface area contributed by atoms with Gasteiger partial charge in [-0.2, -0.15) is 0 Å². The number of hydrogen-bond acceptors (Lipinski definition) is 5. The number of anilines is 1. The summed E-state index contributed by atoms with van der Waals surface area (Å²) in [5.41, 5.74) is 6.15. The van der Waals surface area contributed by atoms with Crippen LogP contribution in [0, 0.1) is 5.41 Å². The van der Waals surface area contributed by atoms with E-state index in [-0.39, 0.29) is 12.1 Å². The Morgan fingerprint density at radius 3 is 3.12 bits per heavy atom. The molecule has 1 aromatic rings. The highest BCUT2D eigenvalue weighted by atomic mass is 32.1. The molecule has 2 rings (SSSR count). The summed E-state index contributed by atoms with van der Waals surface area (Å²) in [6.07, 6.45) is 0.320. The van der Waals surface area contributed by atoms with Crippen LogP contribution in [0.4, 0.5) is 9.93 Å². The lowest BCUT2D eigenvalue weighted by Crippen LogP contribution is -2.24. The van der Waals surface area contributed by atoms with Crippen LogP contribution in [0.2, 0.25) is 0 Å². The molecule has 0 aliphatic heterocycles. The minimum atomic E-state index is -1.25. The number of aryl methyl sites for hydroxylation is 1. The van der Waals surface area contributed by atoms with E-state index >= 15 is 0 Å².